The van der Waals surface area contributed by atoms with Gasteiger partial charge in [0.15, 0.2) is 18.3 Å². The highest BCUT2D eigenvalue weighted by atomic mass is 16.6. The van der Waals surface area contributed by atoms with E-state index in [0.29, 0.717) is 0 Å². The standard InChI is InChI=1S/C21H24O10/c1-12(22)28-11-19(30-14(3)24)20(31-15(4)25)18(29-13(2)23)10-17(21(26)27)16-8-6-5-7-9-16/h5-10,18-20H,11H2,1-4H3,(H,26,27). The van der Waals surface area contributed by atoms with E-state index in [-0.39, 0.29) is 11.1 Å². The number of esters is 4. The average molecular weight is 436 g/mol. The molecule has 0 aliphatic rings. The molecule has 0 spiro atoms. The van der Waals surface area contributed by atoms with E-state index < -0.39 is 54.8 Å². The highest BCUT2D eigenvalue weighted by Crippen LogP contribution is 2.22. The lowest BCUT2D eigenvalue weighted by molar-refractivity contribution is -0.185. The molecule has 0 aliphatic carbocycles. The summed E-state index contributed by atoms with van der Waals surface area (Å²) in [5.74, 6) is -4.47. The lowest BCUT2D eigenvalue weighted by atomic mass is 10.00. The van der Waals surface area contributed by atoms with E-state index in [1.807, 2.05) is 0 Å². The maximum absolute atomic E-state index is 11.9. The number of aliphatic carboxylic acids is 1. The van der Waals surface area contributed by atoms with Gasteiger partial charge in [0, 0.05) is 27.7 Å². The van der Waals surface area contributed by atoms with Gasteiger partial charge in [0.25, 0.3) is 0 Å². The number of carbonyl (C=O) groups excluding carboxylic acids is 4. The normalized spacial score (nSPS) is 13.9. The fourth-order valence-corrected chi connectivity index (χ4v) is 2.62. The van der Waals surface area contributed by atoms with Gasteiger partial charge in [0.1, 0.15) is 6.61 Å². The highest BCUT2D eigenvalue weighted by Gasteiger charge is 2.37. The first-order valence-electron chi connectivity index (χ1n) is 9.16. The van der Waals surface area contributed by atoms with E-state index >= 15 is 0 Å². The Morgan fingerprint density at radius 3 is 1.84 bits per heavy atom. The molecular formula is C21H24O10. The second-order valence-corrected chi connectivity index (χ2v) is 6.35. The minimum atomic E-state index is -1.50. The van der Waals surface area contributed by atoms with Gasteiger partial charge in [-0.25, -0.2) is 4.79 Å². The Bertz CT molecular complexity index is 843. The van der Waals surface area contributed by atoms with Crippen LogP contribution in [-0.4, -0.2) is 59.9 Å². The average Bonchev–Trinajstić information content (AvgIpc) is 2.66. The van der Waals surface area contributed by atoms with Crippen LogP contribution >= 0.6 is 0 Å². The maximum Gasteiger partial charge on any atom is 0.336 e. The first kappa shape index (κ1) is 25.3. The van der Waals surface area contributed by atoms with Crippen LogP contribution in [0.4, 0.5) is 0 Å². The van der Waals surface area contributed by atoms with Crippen LogP contribution in [0.1, 0.15) is 33.3 Å². The van der Waals surface area contributed by atoms with Crippen LogP contribution in [0.2, 0.25) is 0 Å². The summed E-state index contributed by atoms with van der Waals surface area (Å²) < 4.78 is 20.4. The Kier molecular flexibility index (Phi) is 9.90. The van der Waals surface area contributed by atoms with Gasteiger partial charge < -0.3 is 24.1 Å². The third-order valence-corrected chi connectivity index (χ3v) is 3.71. The molecule has 0 heterocycles. The molecule has 0 fully saturated rings. The van der Waals surface area contributed by atoms with Crippen LogP contribution in [0.25, 0.3) is 5.57 Å². The van der Waals surface area contributed by atoms with E-state index in [4.69, 9.17) is 18.9 Å². The van der Waals surface area contributed by atoms with E-state index in [2.05, 4.69) is 0 Å². The number of ether oxygens (including phenoxy) is 4. The molecule has 0 saturated carbocycles. The zero-order valence-electron chi connectivity index (χ0n) is 17.5. The summed E-state index contributed by atoms with van der Waals surface area (Å²) in [6.45, 7) is 3.81. The topological polar surface area (TPSA) is 142 Å². The number of rotatable bonds is 10. The first-order chi connectivity index (χ1) is 14.5. The van der Waals surface area contributed by atoms with Gasteiger partial charge in [0.05, 0.1) is 5.57 Å². The molecule has 0 aromatic heterocycles. The van der Waals surface area contributed by atoms with E-state index in [9.17, 15) is 29.1 Å². The molecule has 0 aliphatic heterocycles. The molecule has 1 rings (SSSR count). The number of benzene rings is 1. The van der Waals surface area contributed by atoms with Crippen LogP contribution in [0.5, 0.6) is 0 Å². The highest BCUT2D eigenvalue weighted by molar-refractivity contribution is 6.15. The monoisotopic (exact) mass is 436 g/mol. The Morgan fingerprint density at radius 2 is 1.39 bits per heavy atom. The Labute approximate surface area is 178 Å². The van der Waals surface area contributed by atoms with Gasteiger partial charge in [-0.05, 0) is 11.6 Å². The van der Waals surface area contributed by atoms with Gasteiger partial charge in [-0.1, -0.05) is 30.3 Å². The van der Waals surface area contributed by atoms with Crippen molar-refractivity contribution in [1.29, 1.82) is 0 Å². The molecule has 3 unspecified atom stereocenters. The molecular weight excluding hydrogens is 412 g/mol. The van der Waals surface area contributed by atoms with E-state index in [1.165, 1.54) is 12.1 Å². The fourth-order valence-electron chi connectivity index (χ4n) is 2.62. The lowest BCUT2D eigenvalue weighted by Gasteiger charge is -2.30. The number of hydrogen-bond acceptors (Lipinski definition) is 9. The molecule has 0 saturated heterocycles. The van der Waals surface area contributed by atoms with Crippen molar-refractivity contribution in [3.8, 4) is 0 Å². The van der Waals surface area contributed by atoms with Crippen molar-refractivity contribution in [3.05, 3.63) is 42.0 Å². The minimum Gasteiger partial charge on any atom is -0.478 e. The van der Waals surface area contributed by atoms with Gasteiger partial charge >= 0.3 is 29.8 Å². The summed E-state index contributed by atoms with van der Waals surface area (Å²) >= 11 is 0. The van der Waals surface area contributed by atoms with Gasteiger partial charge in [-0.15, -0.1) is 0 Å². The number of carboxylic acids is 1. The third-order valence-electron chi connectivity index (χ3n) is 3.71. The summed E-state index contributed by atoms with van der Waals surface area (Å²) in [5.41, 5.74) is 0.0378. The predicted octanol–water partition coefficient (Wildman–Crippen LogP) is 1.51. The molecule has 1 aromatic carbocycles. The summed E-state index contributed by atoms with van der Waals surface area (Å²) in [7, 11) is 0. The SMILES string of the molecule is CC(=O)OCC(OC(C)=O)C(OC(C)=O)C(C=C(C(=O)O)c1ccccc1)OC(C)=O. The first-order valence-corrected chi connectivity index (χ1v) is 9.16. The Morgan fingerprint density at radius 1 is 0.839 bits per heavy atom. The molecule has 1 aromatic rings. The molecule has 10 heteroatoms. The summed E-state index contributed by atoms with van der Waals surface area (Å²) in [6, 6.07) is 7.95. The van der Waals surface area contributed by atoms with Crippen LogP contribution in [0, 0.1) is 0 Å². The van der Waals surface area contributed by atoms with Crippen LogP contribution in [0.3, 0.4) is 0 Å². The molecule has 0 radical (unpaired) electrons. The second-order valence-electron chi connectivity index (χ2n) is 6.35. The summed E-state index contributed by atoms with van der Waals surface area (Å²) in [5, 5.41) is 9.66. The zero-order valence-corrected chi connectivity index (χ0v) is 17.5. The molecule has 168 valence electrons. The van der Waals surface area contributed by atoms with Crippen molar-refractivity contribution in [1.82, 2.24) is 0 Å². The Hall–Kier alpha value is -3.69. The fraction of sp³-hybridized carbons (Fsp3) is 0.381. The smallest absolute Gasteiger partial charge is 0.336 e. The van der Waals surface area contributed by atoms with Crippen molar-refractivity contribution in [2.24, 2.45) is 0 Å². The number of carboxylic acid groups (broad SMARTS) is 1. The largest absolute Gasteiger partial charge is 0.478 e. The number of hydrogen-bond donors (Lipinski definition) is 1. The molecule has 0 bridgehead atoms. The lowest BCUT2D eigenvalue weighted by Crippen LogP contribution is -2.47. The van der Waals surface area contributed by atoms with Crippen LogP contribution in [0.15, 0.2) is 36.4 Å². The van der Waals surface area contributed by atoms with E-state index in [1.54, 1.807) is 18.2 Å². The zero-order chi connectivity index (χ0) is 23.6. The van der Waals surface area contributed by atoms with Crippen molar-refractivity contribution < 1.29 is 48.0 Å². The molecule has 1 N–H and O–H groups in total. The van der Waals surface area contributed by atoms with Gasteiger partial charge in [0.2, 0.25) is 0 Å². The quantitative estimate of drug-likeness (QED) is 0.326. The second kappa shape index (κ2) is 12.1. The van der Waals surface area contributed by atoms with Crippen molar-refractivity contribution >= 4 is 35.4 Å². The summed E-state index contributed by atoms with van der Waals surface area (Å²) in [6.07, 6.45) is -3.29. The molecule has 31 heavy (non-hydrogen) atoms. The van der Waals surface area contributed by atoms with Crippen LogP contribution < -0.4 is 0 Å². The van der Waals surface area contributed by atoms with Crippen molar-refractivity contribution in [2.75, 3.05) is 6.61 Å². The number of carbonyl (C=O) groups is 5. The van der Waals surface area contributed by atoms with Crippen LogP contribution in [-0.2, 0) is 42.9 Å². The summed E-state index contributed by atoms with van der Waals surface area (Å²) in [4.78, 5) is 58.1. The maximum atomic E-state index is 11.9. The van der Waals surface area contributed by atoms with Gasteiger partial charge in [-0.2, -0.15) is 0 Å². The predicted molar refractivity (Wildman–Crippen MR) is 105 cm³/mol. The third kappa shape index (κ3) is 9.11. The minimum absolute atomic E-state index is 0.252. The molecule has 3 atom stereocenters. The van der Waals surface area contributed by atoms with E-state index in [0.717, 1.165) is 33.8 Å². The molecule has 0 amide bonds. The Balaban J connectivity index is 3.53. The van der Waals surface area contributed by atoms with Crippen molar-refractivity contribution in [2.45, 2.75) is 46.0 Å². The molecule has 10 nitrogen and oxygen atoms in total. The van der Waals surface area contributed by atoms with Gasteiger partial charge in [-0.3, -0.25) is 19.2 Å². The van der Waals surface area contributed by atoms with Crippen molar-refractivity contribution in [3.63, 3.8) is 0 Å².